The molecule has 19 heavy (non-hydrogen) atoms. The molecule has 1 aromatic heterocycles. The van der Waals surface area contributed by atoms with Gasteiger partial charge in [-0.05, 0) is 30.5 Å². The molecule has 1 atom stereocenters. The van der Waals surface area contributed by atoms with E-state index in [9.17, 15) is 0 Å². The Morgan fingerprint density at radius 2 is 1.89 bits per heavy atom. The molecule has 1 unspecified atom stereocenters. The van der Waals surface area contributed by atoms with Crippen LogP contribution in [0, 0.1) is 0 Å². The van der Waals surface area contributed by atoms with Gasteiger partial charge in [-0.1, -0.05) is 31.1 Å². The SMILES string of the molecule is CC(C)c1ccc(OCc2noc(C(C)N)n2)cc1. The monoisotopic (exact) mass is 261 g/mol. The minimum absolute atomic E-state index is 0.258. The van der Waals surface area contributed by atoms with Crippen LogP contribution in [0.4, 0.5) is 0 Å². The first-order chi connectivity index (χ1) is 9.06. The lowest BCUT2D eigenvalue weighted by Crippen LogP contribution is -2.05. The molecule has 0 aliphatic rings. The predicted molar refractivity (Wildman–Crippen MR) is 71.8 cm³/mol. The Labute approximate surface area is 112 Å². The van der Waals surface area contributed by atoms with Crippen LogP contribution in [0.5, 0.6) is 5.75 Å². The van der Waals surface area contributed by atoms with Crippen molar-refractivity contribution < 1.29 is 9.26 Å². The van der Waals surface area contributed by atoms with Gasteiger partial charge in [0, 0.05) is 0 Å². The highest BCUT2D eigenvalue weighted by Crippen LogP contribution is 2.19. The third-order valence-corrected chi connectivity index (χ3v) is 2.79. The lowest BCUT2D eigenvalue weighted by Gasteiger charge is -2.07. The maximum Gasteiger partial charge on any atom is 0.243 e. The van der Waals surface area contributed by atoms with E-state index in [0.29, 0.717) is 17.6 Å². The van der Waals surface area contributed by atoms with Crippen LogP contribution in [-0.4, -0.2) is 10.1 Å². The average Bonchev–Trinajstić information content (AvgIpc) is 2.86. The Hall–Kier alpha value is -1.88. The van der Waals surface area contributed by atoms with Crippen LogP contribution in [-0.2, 0) is 6.61 Å². The summed E-state index contributed by atoms with van der Waals surface area (Å²) in [5.74, 6) is 2.23. The lowest BCUT2D eigenvalue weighted by atomic mass is 10.0. The van der Waals surface area contributed by atoms with Gasteiger partial charge in [0.05, 0.1) is 6.04 Å². The molecular formula is C14H19N3O2. The van der Waals surface area contributed by atoms with Gasteiger partial charge in [-0.15, -0.1) is 0 Å². The van der Waals surface area contributed by atoms with Gasteiger partial charge in [-0.3, -0.25) is 0 Å². The topological polar surface area (TPSA) is 74.2 Å². The van der Waals surface area contributed by atoms with Gasteiger partial charge in [0.1, 0.15) is 5.75 Å². The summed E-state index contributed by atoms with van der Waals surface area (Å²) < 4.78 is 10.6. The van der Waals surface area contributed by atoms with E-state index in [-0.39, 0.29) is 12.6 Å². The second-order valence-corrected chi connectivity index (χ2v) is 4.85. The minimum Gasteiger partial charge on any atom is -0.485 e. The molecule has 1 aromatic carbocycles. The number of hydrogen-bond acceptors (Lipinski definition) is 5. The highest BCUT2D eigenvalue weighted by molar-refractivity contribution is 5.28. The van der Waals surface area contributed by atoms with E-state index in [1.807, 2.05) is 12.1 Å². The number of ether oxygens (including phenoxy) is 1. The van der Waals surface area contributed by atoms with Crippen molar-refractivity contribution in [1.82, 2.24) is 10.1 Å². The van der Waals surface area contributed by atoms with E-state index >= 15 is 0 Å². The number of benzene rings is 1. The fourth-order valence-corrected chi connectivity index (χ4v) is 1.61. The van der Waals surface area contributed by atoms with Crippen LogP contribution in [0.25, 0.3) is 0 Å². The molecule has 0 aliphatic heterocycles. The molecule has 0 amide bonds. The molecule has 5 heteroatoms. The molecule has 2 rings (SSSR count). The second-order valence-electron chi connectivity index (χ2n) is 4.85. The highest BCUT2D eigenvalue weighted by Gasteiger charge is 2.10. The number of nitrogens with two attached hydrogens (primary N) is 1. The molecule has 0 bridgehead atoms. The highest BCUT2D eigenvalue weighted by atomic mass is 16.5. The molecule has 1 heterocycles. The van der Waals surface area contributed by atoms with E-state index in [1.54, 1.807) is 6.92 Å². The van der Waals surface area contributed by atoms with E-state index in [1.165, 1.54) is 5.56 Å². The molecule has 0 radical (unpaired) electrons. The van der Waals surface area contributed by atoms with Gasteiger partial charge < -0.3 is 15.0 Å². The molecule has 2 aromatic rings. The van der Waals surface area contributed by atoms with Crippen molar-refractivity contribution in [2.24, 2.45) is 5.73 Å². The second kappa shape index (κ2) is 5.84. The fraction of sp³-hybridized carbons (Fsp3) is 0.429. The summed E-state index contributed by atoms with van der Waals surface area (Å²) in [7, 11) is 0. The Morgan fingerprint density at radius 3 is 2.42 bits per heavy atom. The van der Waals surface area contributed by atoms with Crippen molar-refractivity contribution >= 4 is 0 Å². The molecule has 0 saturated heterocycles. The molecule has 102 valence electrons. The zero-order valence-electron chi connectivity index (χ0n) is 11.5. The van der Waals surface area contributed by atoms with Crippen LogP contribution < -0.4 is 10.5 Å². The third-order valence-electron chi connectivity index (χ3n) is 2.79. The third kappa shape index (κ3) is 3.54. The first-order valence-electron chi connectivity index (χ1n) is 6.37. The standard InChI is InChI=1S/C14H19N3O2/c1-9(2)11-4-6-12(7-5-11)18-8-13-16-14(10(3)15)19-17-13/h4-7,9-10H,8,15H2,1-3H3. The van der Waals surface area contributed by atoms with E-state index < -0.39 is 0 Å². The first-order valence-corrected chi connectivity index (χ1v) is 6.37. The number of hydrogen-bond donors (Lipinski definition) is 1. The molecule has 0 saturated carbocycles. The summed E-state index contributed by atoms with van der Waals surface area (Å²) in [6.07, 6.45) is 0. The Bertz CT molecular complexity index is 518. The van der Waals surface area contributed by atoms with Crippen LogP contribution in [0.3, 0.4) is 0 Å². The molecule has 2 N–H and O–H groups in total. The van der Waals surface area contributed by atoms with Gasteiger partial charge in [-0.2, -0.15) is 4.98 Å². The van der Waals surface area contributed by atoms with Crippen molar-refractivity contribution in [2.75, 3.05) is 0 Å². The number of nitrogens with zero attached hydrogens (tertiary/aromatic N) is 2. The largest absolute Gasteiger partial charge is 0.485 e. The van der Waals surface area contributed by atoms with Crippen LogP contribution in [0.15, 0.2) is 28.8 Å². The summed E-state index contributed by atoms with van der Waals surface area (Å²) in [6.45, 7) is 6.38. The summed E-state index contributed by atoms with van der Waals surface area (Å²) in [5, 5.41) is 3.81. The average molecular weight is 261 g/mol. The Morgan fingerprint density at radius 1 is 1.21 bits per heavy atom. The van der Waals surface area contributed by atoms with Crippen LogP contribution >= 0.6 is 0 Å². The predicted octanol–water partition coefficient (Wildman–Crippen LogP) is 2.79. The van der Waals surface area contributed by atoms with Gasteiger partial charge in [0.25, 0.3) is 0 Å². The van der Waals surface area contributed by atoms with Crippen molar-refractivity contribution in [2.45, 2.75) is 39.3 Å². The maximum absolute atomic E-state index is 5.64. The summed E-state index contributed by atoms with van der Waals surface area (Å²) >= 11 is 0. The van der Waals surface area contributed by atoms with E-state index in [2.05, 4.69) is 36.1 Å². The number of rotatable bonds is 5. The molecule has 0 fully saturated rings. The first kappa shape index (κ1) is 13.5. The maximum atomic E-state index is 5.64. The van der Waals surface area contributed by atoms with Crippen molar-refractivity contribution in [3.05, 3.63) is 41.5 Å². The minimum atomic E-state index is -0.258. The van der Waals surface area contributed by atoms with Crippen molar-refractivity contribution in [1.29, 1.82) is 0 Å². The van der Waals surface area contributed by atoms with Gasteiger partial charge in [-0.25, -0.2) is 0 Å². The van der Waals surface area contributed by atoms with E-state index in [0.717, 1.165) is 5.75 Å². The molecular weight excluding hydrogens is 242 g/mol. The van der Waals surface area contributed by atoms with Gasteiger partial charge in [0.15, 0.2) is 6.61 Å². The molecule has 0 spiro atoms. The fourth-order valence-electron chi connectivity index (χ4n) is 1.61. The normalized spacial score (nSPS) is 12.7. The van der Waals surface area contributed by atoms with Crippen LogP contribution in [0.1, 0.15) is 50.0 Å². The Balaban J connectivity index is 1.94. The summed E-state index contributed by atoms with van der Waals surface area (Å²) in [4.78, 5) is 4.14. The smallest absolute Gasteiger partial charge is 0.243 e. The molecule has 5 nitrogen and oxygen atoms in total. The lowest BCUT2D eigenvalue weighted by molar-refractivity contribution is 0.284. The molecule has 0 aliphatic carbocycles. The summed E-state index contributed by atoms with van der Waals surface area (Å²) in [5.41, 5.74) is 6.93. The van der Waals surface area contributed by atoms with Crippen molar-refractivity contribution in [3.8, 4) is 5.75 Å². The summed E-state index contributed by atoms with van der Waals surface area (Å²) in [6, 6.07) is 7.75. The van der Waals surface area contributed by atoms with E-state index in [4.69, 9.17) is 15.0 Å². The van der Waals surface area contributed by atoms with Gasteiger partial charge >= 0.3 is 0 Å². The quantitative estimate of drug-likeness (QED) is 0.895. The van der Waals surface area contributed by atoms with Gasteiger partial charge in [0.2, 0.25) is 11.7 Å². The van der Waals surface area contributed by atoms with Crippen LogP contribution in [0.2, 0.25) is 0 Å². The van der Waals surface area contributed by atoms with Crippen molar-refractivity contribution in [3.63, 3.8) is 0 Å². The zero-order chi connectivity index (χ0) is 13.8. The number of aromatic nitrogens is 2. The Kier molecular flexibility index (Phi) is 4.16. The zero-order valence-corrected chi connectivity index (χ0v) is 11.5.